The average Bonchev–Trinajstić information content (AvgIpc) is 3.10. The number of nitrogens with zero attached hydrogens (tertiary/aromatic N) is 2. The maximum Gasteiger partial charge on any atom is 0.323 e. The molecule has 1 heterocycles. The number of anilines is 2. The fourth-order valence-corrected chi connectivity index (χ4v) is 5.85. The summed E-state index contributed by atoms with van der Waals surface area (Å²) in [4.78, 5) is 72.8. The van der Waals surface area contributed by atoms with Crippen molar-refractivity contribution in [1.82, 2.24) is 0 Å². The van der Waals surface area contributed by atoms with E-state index >= 15 is 0 Å². The van der Waals surface area contributed by atoms with Crippen LogP contribution in [0.4, 0.5) is 20.2 Å². The number of aryl methyl sites for hydroxylation is 1. The van der Waals surface area contributed by atoms with E-state index in [0.717, 1.165) is 46.2 Å². The highest BCUT2D eigenvalue weighted by Gasteiger charge is 2.28. The molecule has 3 aromatic rings. The molecule has 0 spiro atoms. The molecule has 2 aliphatic rings. The normalized spacial score (nSPS) is 10.9. The van der Waals surface area contributed by atoms with Gasteiger partial charge in [0.2, 0.25) is 5.43 Å². The number of phenolic OH excluding ortho intramolecular Hbond substituents is 1. The summed E-state index contributed by atoms with van der Waals surface area (Å²) in [5.74, 6) is -9.64. The molecule has 292 valence electrons. The van der Waals surface area contributed by atoms with E-state index in [0.29, 0.717) is 5.56 Å². The second-order valence-electron chi connectivity index (χ2n) is 12.0. The fraction of sp³-hybridized carbons (Fsp3) is 0.189. The van der Waals surface area contributed by atoms with E-state index in [1.54, 1.807) is 13.0 Å². The molecule has 0 saturated carbocycles. The van der Waals surface area contributed by atoms with E-state index in [9.17, 15) is 63.1 Å². The molecule has 0 atom stereocenters. The van der Waals surface area contributed by atoms with Gasteiger partial charge in [-0.05, 0) is 42.8 Å². The lowest BCUT2D eigenvalue weighted by atomic mass is 9.92. The zero-order chi connectivity index (χ0) is 40.8. The molecule has 0 fully saturated rings. The second kappa shape index (κ2) is 16.7. The molecule has 5 rings (SSSR count). The number of aromatic hydroxyl groups is 1. The van der Waals surface area contributed by atoms with Gasteiger partial charge in [0.15, 0.2) is 17.4 Å². The Morgan fingerprint density at radius 1 is 0.714 bits per heavy atom. The minimum atomic E-state index is -1.47. The molecule has 0 radical (unpaired) electrons. The number of carbonyl (C=O) groups excluding carboxylic acids is 1. The van der Waals surface area contributed by atoms with Crippen molar-refractivity contribution in [3.05, 3.63) is 82.0 Å². The van der Waals surface area contributed by atoms with E-state index in [-0.39, 0.29) is 69.4 Å². The summed E-state index contributed by atoms with van der Waals surface area (Å²) in [6.07, 6.45) is 0. The van der Waals surface area contributed by atoms with Crippen molar-refractivity contribution in [1.29, 1.82) is 0 Å². The second-order valence-corrected chi connectivity index (χ2v) is 12.0. The predicted molar refractivity (Wildman–Crippen MR) is 190 cm³/mol. The van der Waals surface area contributed by atoms with Gasteiger partial charge in [0, 0.05) is 40.3 Å². The van der Waals surface area contributed by atoms with E-state index in [4.69, 9.17) is 18.6 Å². The summed E-state index contributed by atoms with van der Waals surface area (Å²) < 4.78 is 52.5. The van der Waals surface area contributed by atoms with Gasteiger partial charge in [0.05, 0.1) is 11.4 Å². The third kappa shape index (κ3) is 9.01. The Hall–Kier alpha value is -7.44. The monoisotopic (exact) mass is 780 g/mol. The van der Waals surface area contributed by atoms with Crippen molar-refractivity contribution < 1.29 is 76.9 Å². The molecule has 0 saturated heterocycles. The largest absolute Gasteiger partial charge is 0.505 e. The molecule has 3 aromatic carbocycles. The lowest BCUT2D eigenvalue weighted by Gasteiger charge is -2.26. The molecule has 1 aliphatic heterocycles. The number of carboxylic acid groups (broad SMARTS) is 4. The lowest BCUT2D eigenvalue weighted by Crippen LogP contribution is -2.35. The molecule has 56 heavy (non-hydrogen) atoms. The molecule has 17 nitrogen and oxygen atoms in total. The Bertz CT molecular complexity index is 2360. The van der Waals surface area contributed by atoms with Crippen LogP contribution in [0.3, 0.4) is 0 Å². The van der Waals surface area contributed by atoms with Crippen LogP contribution in [0.2, 0.25) is 0 Å². The number of phenols is 1. The highest BCUT2D eigenvalue weighted by molar-refractivity contribution is 6.04. The first kappa shape index (κ1) is 39.8. The van der Waals surface area contributed by atoms with Crippen molar-refractivity contribution >= 4 is 52.7 Å². The van der Waals surface area contributed by atoms with Crippen LogP contribution in [0.25, 0.3) is 33.4 Å². The standard InChI is InChI=1S/C37H30F2N2O15/c1-18-2-3-24(40(13-33(45)46)14-34(47)48)31(6-18)53-4-5-54-32-9-21(28(55-17-42)10-25(32)41(15-35(49)50)16-36(51)52)37-19-7-22(38)26(43)11-29(19)56-30-12-27(44)23(39)8-20(30)37/h2-3,6-12,17,43H,4-5,13-16H2,1H3,(H,45,46)(H,47,48)(H,49,50)(H,51,52). The van der Waals surface area contributed by atoms with Gasteiger partial charge in [0.1, 0.15) is 68.0 Å². The first-order valence-electron chi connectivity index (χ1n) is 16.2. The lowest BCUT2D eigenvalue weighted by molar-refractivity contribution is -0.138. The number of aliphatic carboxylic acids is 4. The molecule has 0 amide bonds. The minimum Gasteiger partial charge on any atom is -0.505 e. The van der Waals surface area contributed by atoms with Gasteiger partial charge >= 0.3 is 23.9 Å². The van der Waals surface area contributed by atoms with E-state index < -0.39 is 85.2 Å². The number of hydrogen-bond donors (Lipinski definition) is 5. The first-order valence-corrected chi connectivity index (χ1v) is 16.2. The van der Waals surface area contributed by atoms with Crippen LogP contribution in [0.5, 0.6) is 23.0 Å². The zero-order valence-electron chi connectivity index (χ0n) is 29.0. The van der Waals surface area contributed by atoms with Gasteiger partial charge in [0.25, 0.3) is 6.47 Å². The smallest absolute Gasteiger partial charge is 0.323 e. The van der Waals surface area contributed by atoms with E-state index in [1.807, 2.05) is 0 Å². The Morgan fingerprint density at radius 3 is 1.86 bits per heavy atom. The fourth-order valence-electron chi connectivity index (χ4n) is 5.85. The van der Waals surface area contributed by atoms with Crippen LogP contribution >= 0.6 is 0 Å². The molecule has 0 bridgehead atoms. The Balaban J connectivity index is 1.66. The molecule has 0 unspecified atom stereocenters. The molecule has 0 aromatic heterocycles. The average molecular weight is 781 g/mol. The van der Waals surface area contributed by atoms with Crippen LogP contribution in [0, 0.1) is 18.6 Å². The van der Waals surface area contributed by atoms with Crippen molar-refractivity contribution in [2.75, 3.05) is 49.2 Å². The highest BCUT2D eigenvalue weighted by Crippen LogP contribution is 2.48. The summed E-state index contributed by atoms with van der Waals surface area (Å²) in [5, 5.41) is 48.0. The number of carbonyl (C=O) groups is 5. The molecule has 1 aliphatic carbocycles. The first-order chi connectivity index (χ1) is 26.6. The number of benzene rings is 4. The van der Waals surface area contributed by atoms with Gasteiger partial charge in [-0.2, -0.15) is 0 Å². The summed E-state index contributed by atoms with van der Waals surface area (Å²) in [6.45, 7) is -2.25. The number of ether oxygens (including phenoxy) is 3. The number of hydrogen-bond acceptors (Lipinski definition) is 13. The van der Waals surface area contributed by atoms with Gasteiger partial charge in [-0.15, -0.1) is 0 Å². The summed E-state index contributed by atoms with van der Waals surface area (Å²) >= 11 is 0. The predicted octanol–water partition coefficient (Wildman–Crippen LogP) is 3.80. The van der Waals surface area contributed by atoms with Gasteiger partial charge in [-0.1, -0.05) is 6.07 Å². The quantitative estimate of drug-likeness (QED) is 0.0482. The Labute approximate surface area is 313 Å². The highest BCUT2D eigenvalue weighted by atomic mass is 19.1. The summed E-state index contributed by atoms with van der Waals surface area (Å²) in [5.41, 5.74) is -1.18. The maximum absolute atomic E-state index is 14.9. The van der Waals surface area contributed by atoms with Crippen LogP contribution in [0.15, 0.2) is 63.8 Å². The molecular formula is C37H30F2N2O15. The Kier molecular flexibility index (Phi) is 11.9. The molecule has 5 N–H and O–H groups in total. The van der Waals surface area contributed by atoms with Crippen LogP contribution in [-0.2, 0) is 24.0 Å². The molecule has 19 heteroatoms. The SMILES string of the molecule is Cc1ccc(N(CC(=O)O)CC(=O)O)c(OCCOc2cc(-c3c4cc(F)c(=O)cc-4oc4cc(O)c(F)cc34)c(OC=O)cc2N(CC(=O)O)CC(=O)O)c1. The van der Waals surface area contributed by atoms with Crippen LogP contribution < -0.4 is 29.4 Å². The van der Waals surface area contributed by atoms with Crippen molar-refractivity contribution in [2.24, 2.45) is 0 Å². The van der Waals surface area contributed by atoms with Gasteiger partial charge in [-0.3, -0.25) is 28.8 Å². The third-order valence-electron chi connectivity index (χ3n) is 8.05. The Morgan fingerprint density at radius 2 is 1.29 bits per heavy atom. The third-order valence-corrected chi connectivity index (χ3v) is 8.05. The van der Waals surface area contributed by atoms with Crippen molar-refractivity contribution in [3.8, 4) is 45.4 Å². The number of fused-ring (bicyclic) bond motifs is 2. The number of rotatable bonds is 18. The number of carboxylic acids is 4. The summed E-state index contributed by atoms with van der Waals surface area (Å²) in [6, 6.07) is 10.1. The van der Waals surface area contributed by atoms with Crippen LogP contribution in [-0.4, -0.2) is 95.3 Å². The van der Waals surface area contributed by atoms with Gasteiger partial charge < -0.3 is 54.0 Å². The van der Waals surface area contributed by atoms with Gasteiger partial charge in [-0.25, -0.2) is 8.78 Å². The number of halogens is 2. The molecular weight excluding hydrogens is 750 g/mol. The minimum absolute atomic E-state index is 0.0202. The summed E-state index contributed by atoms with van der Waals surface area (Å²) in [7, 11) is 0. The maximum atomic E-state index is 14.9. The van der Waals surface area contributed by atoms with Crippen molar-refractivity contribution in [3.63, 3.8) is 0 Å². The van der Waals surface area contributed by atoms with Crippen LogP contribution in [0.1, 0.15) is 5.56 Å². The van der Waals surface area contributed by atoms with E-state index in [2.05, 4.69) is 0 Å². The van der Waals surface area contributed by atoms with Crippen molar-refractivity contribution in [2.45, 2.75) is 6.92 Å². The van der Waals surface area contributed by atoms with E-state index in [1.165, 1.54) is 12.1 Å². The topological polar surface area (TPSA) is 251 Å². The zero-order valence-corrected chi connectivity index (χ0v) is 29.0.